The second-order valence-corrected chi connectivity index (χ2v) is 7.20. The third-order valence-corrected chi connectivity index (χ3v) is 5.01. The van der Waals surface area contributed by atoms with Crippen molar-refractivity contribution in [3.05, 3.63) is 77.4 Å². The summed E-state index contributed by atoms with van der Waals surface area (Å²) in [5.41, 5.74) is 3.07. The molecule has 3 aromatic rings. The first-order chi connectivity index (χ1) is 12.6. The molecule has 0 spiro atoms. The van der Waals surface area contributed by atoms with Crippen LogP contribution in [0.15, 0.2) is 60.7 Å². The average Bonchev–Trinajstić information content (AvgIpc) is 2.67. The van der Waals surface area contributed by atoms with Crippen molar-refractivity contribution >= 4 is 28.4 Å². The van der Waals surface area contributed by atoms with Crippen LogP contribution in [0.25, 0.3) is 10.8 Å². The molecule has 0 unspecified atom stereocenters. The zero-order chi connectivity index (χ0) is 18.5. The van der Waals surface area contributed by atoms with Crippen LogP contribution >= 0.6 is 11.8 Å². The van der Waals surface area contributed by atoms with Gasteiger partial charge in [0.15, 0.2) is 0 Å². The van der Waals surface area contributed by atoms with Gasteiger partial charge in [-0.3, -0.25) is 4.79 Å². The molecule has 0 heterocycles. The van der Waals surface area contributed by atoms with E-state index in [-0.39, 0.29) is 5.91 Å². The Kier molecular flexibility index (Phi) is 5.84. The molecule has 0 aromatic heterocycles. The Morgan fingerprint density at radius 2 is 1.62 bits per heavy atom. The topological polar surface area (TPSA) is 29.5 Å². The van der Waals surface area contributed by atoms with Gasteiger partial charge in [0.05, 0.1) is 7.11 Å². The fourth-order valence-corrected chi connectivity index (χ4v) is 3.50. The minimum absolute atomic E-state index is 0.0375. The molecule has 3 rings (SSSR count). The monoisotopic (exact) mass is 365 g/mol. The molecule has 26 heavy (non-hydrogen) atoms. The molecule has 4 heteroatoms. The molecule has 0 saturated heterocycles. The van der Waals surface area contributed by atoms with Crippen LogP contribution in [0.4, 0.5) is 0 Å². The number of hydrogen-bond donors (Lipinski definition) is 0. The maximum atomic E-state index is 12.7. The summed E-state index contributed by atoms with van der Waals surface area (Å²) in [7, 11) is 3.51. The predicted octanol–water partition coefficient (Wildman–Crippen LogP) is 4.98. The summed E-state index contributed by atoms with van der Waals surface area (Å²) in [4.78, 5) is 14.4. The maximum absolute atomic E-state index is 12.7. The number of nitrogens with zero attached hydrogens (tertiary/aromatic N) is 1. The number of hydrogen-bond acceptors (Lipinski definition) is 3. The first-order valence-electron chi connectivity index (χ1n) is 8.51. The van der Waals surface area contributed by atoms with Crippen LogP contribution in [-0.4, -0.2) is 31.2 Å². The molecular formula is C22H23NO2S. The number of benzene rings is 3. The first-order valence-corrected chi connectivity index (χ1v) is 9.90. The number of rotatable bonds is 6. The van der Waals surface area contributed by atoms with Crippen LogP contribution in [-0.2, 0) is 12.3 Å². The van der Waals surface area contributed by atoms with Crippen molar-refractivity contribution in [2.24, 2.45) is 0 Å². The number of methoxy groups -OCH3 is 1. The van der Waals surface area contributed by atoms with Gasteiger partial charge in [0.1, 0.15) is 5.75 Å². The van der Waals surface area contributed by atoms with Gasteiger partial charge < -0.3 is 9.64 Å². The number of fused-ring (bicyclic) bond motifs is 1. The predicted molar refractivity (Wildman–Crippen MR) is 110 cm³/mol. The van der Waals surface area contributed by atoms with Crippen LogP contribution in [0.2, 0.25) is 0 Å². The number of carbonyl (C=O) groups excluding carboxylic acids is 1. The summed E-state index contributed by atoms with van der Waals surface area (Å²) in [6.45, 7) is 0.577. The van der Waals surface area contributed by atoms with E-state index in [1.165, 1.54) is 5.56 Å². The summed E-state index contributed by atoms with van der Waals surface area (Å²) >= 11 is 1.78. The molecule has 0 fully saturated rings. The van der Waals surface area contributed by atoms with Gasteiger partial charge in [-0.1, -0.05) is 30.3 Å². The highest BCUT2D eigenvalue weighted by Crippen LogP contribution is 2.22. The van der Waals surface area contributed by atoms with Crippen LogP contribution in [0.5, 0.6) is 5.75 Å². The van der Waals surface area contributed by atoms with Gasteiger partial charge in [-0.2, -0.15) is 11.8 Å². The van der Waals surface area contributed by atoms with E-state index in [0.29, 0.717) is 6.54 Å². The van der Waals surface area contributed by atoms with Gasteiger partial charge in [0.2, 0.25) is 0 Å². The van der Waals surface area contributed by atoms with Gasteiger partial charge in [-0.05, 0) is 58.5 Å². The SMILES string of the molecule is COc1ccc2cc(CN(C)C(=O)c3ccc(CSC)cc3)ccc2c1. The number of thioether (sulfide) groups is 1. The zero-order valence-electron chi connectivity index (χ0n) is 15.4. The lowest BCUT2D eigenvalue weighted by Gasteiger charge is -2.18. The van der Waals surface area contributed by atoms with Crippen molar-refractivity contribution in [2.45, 2.75) is 12.3 Å². The van der Waals surface area contributed by atoms with Gasteiger partial charge in [-0.25, -0.2) is 0 Å². The summed E-state index contributed by atoms with van der Waals surface area (Å²) in [6.07, 6.45) is 2.08. The molecule has 0 aliphatic heterocycles. The van der Waals surface area contributed by atoms with Gasteiger partial charge >= 0.3 is 0 Å². The third-order valence-electron chi connectivity index (χ3n) is 4.39. The van der Waals surface area contributed by atoms with E-state index in [4.69, 9.17) is 4.74 Å². The van der Waals surface area contributed by atoms with Crippen molar-refractivity contribution in [3.63, 3.8) is 0 Å². The molecule has 3 nitrogen and oxygen atoms in total. The van der Waals surface area contributed by atoms with E-state index in [2.05, 4.69) is 24.5 Å². The quantitative estimate of drug-likeness (QED) is 0.617. The molecule has 0 bridgehead atoms. The molecular weight excluding hydrogens is 342 g/mol. The lowest BCUT2D eigenvalue weighted by Crippen LogP contribution is -2.26. The van der Waals surface area contributed by atoms with E-state index < -0.39 is 0 Å². The molecule has 0 aliphatic rings. The maximum Gasteiger partial charge on any atom is 0.253 e. The summed E-state index contributed by atoms with van der Waals surface area (Å²) in [5, 5.41) is 2.28. The Morgan fingerprint density at radius 3 is 2.31 bits per heavy atom. The average molecular weight is 365 g/mol. The van der Waals surface area contributed by atoms with E-state index in [1.54, 1.807) is 23.8 Å². The standard InChI is InChI=1S/C22H23NO2S/c1-23(22(24)18-7-4-16(5-8-18)15-26-3)14-17-6-9-20-13-21(25-2)11-10-19(20)12-17/h4-13H,14-15H2,1-3H3. The van der Waals surface area contributed by atoms with E-state index in [1.807, 2.05) is 49.5 Å². The number of carbonyl (C=O) groups is 1. The lowest BCUT2D eigenvalue weighted by atomic mass is 10.1. The fraction of sp³-hybridized carbons (Fsp3) is 0.227. The van der Waals surface area contributed by atoms with Crippen molar-refractivity contribution in [2.75, 3.05) is 20.4 Å². The Bertz CT molecular complexity index is 906. The summed E-state index contributed by atoms with van der Waals surface area (Å²) in [6, 6.07) is 20.2. The Hall–Kier alpha value is -2.46. The Morgan fingerprint density at radius 1 is 0.962 bits per heavy atom. The molecule has 134 valence electrons. The molecule has 0 N–H and O–H groups in total. The van der Waals surface area contributed by atoms with Gasteiger partial charge in [0, 0.05) is 24.9 Å². The highest BCUT2D eigenvalue weighted by molar-refractivity contribution is 7.97. The van der Waals surface area contributed by atoms with Crippen LogP contribution in [0, 0.1) is 0 Å². The molecule has 0 atom stereocenters. The number of amides is 1. The van der Waals surface area contributed by atoms with Crippen molar-refractivity contribution < 1.29 is 9.53 Å². The van der Waals surface area contributed by atoms with E-state index >= 15 is 0 Å². The van der Waals surface area contributed by atoms with Crippen LogP contribution < -0.4 is 4.74 Å². The molecule has 0 saturated carbocycles. The smallest absolute Gasteiger partial charge is 0.253 e. The highest BCUT2D eigenvalue weighted by atomic mass is 32.2. The summed E-state index contributed by atoms with van der Waals surface area (Å²) < 4.78 is 5.27. The third kappa shape index (κ3) is 4.20. The normalized spacial score (nSPS) is 10.7. The fourth-order valence-electron chi connectivity index (χ4n) is 2.97. The minimum Gasteiger partial charge on any atom is -0.497 e. The van der Waals surface area contributed by atoms with Crippen molar-refractivity contribution in [1.82, 2.24) is 4.90 Å². The zero-order valence-corrected chi connectivity index (χ0v) is 16.2. The van der Waals surface area contributed by atoms with Gasteiger partial charge in [0.25, 0.3) is 5.91 Å². The van der Waals surface area contributed by atoms with Gasteiger partial charge in [-0.15, -0.1) is 0 Å². The Labute approximate surface area is 159 Å². The summed E-state index contributed by atoms with van der Waals surface area (Å²) in [5.74, 6) is 1.85. The highest BCUT2D eigenvalue weighted by Gasteiger charge is 2.12. The molecule has 1 amide bonds. The van der Waals surface area contributed by atoms with Crippen LogP contribution in [0.1, 0.15) is 21.5 Å². The van der Waals surface area contributed by atoms with E-state index in [0.717, 1.165) is 33.4 Å². The van der Waals surface area contributed by atoms with E-state index in [9.17, 15) is 4.79 Å². The largest absolute Gasteiger partial charge is 0.497 e. The van der Waals surface area contributed by atoms with Crippen LogP contribution in [0.3, 0.4) is 0 Å². The number of ether oxygens (including phenoxy) is 1. The molecule has 0 radical (unpaired) electrons. The second kappa shape index (κ2) is 8.28. The molecule has 0 aliphatic carbocycles. The van der Waals surface area contributed by atoms with Crippen molar-refractivity contribution in [1.29, 1.82) is 0 Å². The minimum atomic E-state index is 0.0375. The van der Waals surface area contributed by atoms with Crippen molar-refractivity contribution in [3.8, 4) is 5.75 Å². The lowest BCUT2D eigenvalue weighted by molar-refractivity contribution is 0.0785. The molecule has 3 aromatic carbocycles. The first kappa shape index (κ1) is 18.3. The Balaban J connectivity index is 1.73. The second-order valence-electron chi connectivity index (χ2n) is 6.34.